The minimum Gasteiger partial charge on any atom is -0.326 e. The molecule has 3 heteroatoms. The summed E-state index contributed by atoms with van der Waals surface area (Å²) in [6.07, 6.45) is 0.779. The Bertz CT molecular complexity index is 362. The van der Waals surface area contributed by atoms with Gasteiger partial charge in [0.25, 0.3) is 0 Å². The van der Waals surface area contributed by atoms with Gasteiger partial charge in [0.1, 0.15) is 0 Å². The molecule has 0 aliphatic carbocycles. The van der Waals surface area contributed by atoms with E-state index in [0.717, 1.165) is 22.7 Å². The topological polar surface area (TPSA) is 29.1 Å². The number of hydrogen-bond donors (Lipinski definition) is 1. The summed E-state index contributed by atoms with van der Waals surface area (Å²) in [5.74, 6) is 0.140. The largest absolute Gasteiger partial charge is 0.326 e. The van der Waals surface area contributed by atoms with Gasteiger partial charge in [-0.3, -0.25) is 4.79 Å². The summed E-state index contributed by atoms with van der Waals surface area (Å²) >= 11 is 5.85. The maximum absolute atomic E-state index is 11.3. The lowest BCUT2D eigenvalue weighted by molar-refractivity contribution is -0.119. The molecule has 0 radical (unpaired) electrons. The average molecular weight is 196 g/mol. The van der Waals surface area contributed by atoms with Crippen molar-refractivity contribution in [1.29, 1.82) is 0 Å². The maximum atomic E-state index is 11.3. The highest BCUT2D eigenvalue weighted by atomic mass is 35.5. The Morgan fingerprint density at radius 3 is 3.08 bits per heavy atom. The van der Waals surface area contributed by atoms with Crippen LogP contribution in [0.25, 0.3) is 0 Å². The number of fused-ring (bicyclic) bond motifs is 1. The molecule has 0 fully saturated rings. The Hall–Kier alpha value is -1.02. The van der Waals surface area contributed by atoms with E-state index in [0.29, 0.717) is 0 Å². The number of benzene rings is 1. The van der Waals surface area contributed by atoms with Crippen LogP contribution in [-0.2, 0) is 11.2 Å². The van der Waals surface area contributed by atoms with Gasteiger partial charge in [-0.1, -0.05) is 18.5 Å². The predicted molar refractivity (Wildman–Crippen MR) is 52.9 cm³/mol. The molecular weight excluding hydrogens is 186 g/mol. The number of amides is 1. The van der Waals surface area contributed by atoms with Gasteiger partial charge in [0, 0.05) is 16.6 Å². The molecule has 13 heavy (non-hydrogen) atoms. The Kier molecular flexibility index (Phi) is 2.00. The lowest BCUT2D eigenvalue weighted by atomic mass is 9.95. The summed E-state index contributed by atoms with van der Waals surface area (Å²) in [7, 11) is 0. The smallest absolute Gasteiger partial charge is 0.227 e. The number of carbonyl (C=O) groups is 1. The van der Waals surface area contributed by atoms with Gasteiger partial charge in [-0.2, -0.15) is 0 Å². The second-order valence-corrected chi connectivity index (χ2v) is 3.83. The Morgan fingerprint density at radius 2 is 2.31 bits per heavy atom. The zero-order chi connectivity index (χ0) is 9.42. The van der Waals surface area contributed by atoms with E-state index in [1.54, 1.807) is 6.07 Å². The molecule has 1 atom stereocenters. The molecule has 0 aromatic heterocycles. The number of anilines is 1. The van der Waals surface area contributed by atoms with Crippen LogP contribution in [0.3, 0.4) is 0 Å². The number of halogens is 1. The number of carbonyl (C=O) groups excluding carboxylic acids is 1. The highest BCUT2D eigenvalue weighted by Crippen LogP contribution is 2.27. The average Bonchev–Trinajstić information content (AvgIpc) is 2.08. The SMILES string of the molecule is C[C@H]1Cc2cc(Cl)ccc2NC1=O. The number of rotatable bonds is 0. The molecule has 1 N–H and O–H groups in total. The summed E-state index contributed by atoms with van der Waals surface area (Å²) in [6, 6.07) is 5.55. The van der Waals surface area contributed by atoms with E-state index in [1.807, 2.05) is 19.1 Å². The molecule has 0 unspecified atom stereocenters. The van der Waals surface area contributed by atoms with Crippen molar-refractivity contribution in [3.05, 3.63) is 28.8 Å². The molecule has 2 nitrogen and oxygen atoms in total. The van der Waals surface area contributed by atoms with Gasteiger partial charge < -0.3 is 5.32 Å². The minimum absolute atomic E-state index is 0.0472. The van der Waals surface area contributed by atoms with E-state index in [9.17, 15) is 4.79 Å². The van der Waals surface area contributed by atoms with E-state index in [1.165, 1.54) is 0 Å². The third kappa shape index (κ3) is 1.54. The van der Waals surface area contributed by atoms with Crippen LogP contribution in [-0.4, -0.2) is 5.91 Å². The monoisotopic (exact) mass is 195 g/mol. The fraction of sp³-hybridized carbons (Fsp3) is 0.300. The third-order valence-electron chi connectivity index (χ3n) is 2.30. The van der Waals surface area contributed by atoms with Crippen molar-refractivity contribution in [1.82, 2.24) is 0 Å². The Balaban J connectivity index is 2.42. The van der Waals surface area contributed by atoms with Crippen molar-refractivity contribution in [2.24, 2.45) is 5.92 Å². The normalized spacial score (nSPS) is 20.8. The van der Waals surface area contributed by atoms with Gasteiger partial charge in [-0.15, -0.1) is 0 Å². The van der Waals surface area contributed by atoms with E-state index in [-0.39, 0.29) is 11.8 Å². The maximum Gasteiger partial charge on any atom is 0.227 e. The second-order valence-electron chi connectivity index (χ2n) is 3.40. The molecule has 1 amide bonds. The standard InChI is InChI=1S/C10H10ClNO/c1-6-4-7-5-8(11)2-3-9(7)12-10(6)13/h2-3,5-6H,4H2,1H3,(H,12,13)/t6-/m0/s1. The minimum atomic E-state index is 0.0472. The first kappa shape index (κ1) is 8.57. The summed E-state index contributed by atoms with van der Waals surface area (Å²) in [6.45, 7) is 1.92. The molecule has 1 aromatic rings. The number of hydrogen-bond acceptors (Lipinski definition) is 1. The molecule has 0 bridgehead atoms. The second kappa shape index (κ2) is 3.04. The molecule has 0 saturated carbocycles. The molecule has 1 heterocycles. The van der Waals surface area contributed by atoms with Crippen LogP contribution in [0.2, 0.25) is 5.02 Å². The molecule has 1 aliphatic heterocycles. The van der Waals surface area contributed by atoms with Crippen molar-refractivity contribution >= 4 is 23.2 Å². The molecule has 0 saturated heterocycles. The fourth-order valence-electron chi connectivity index (χ4n) is 1.53. The predicted octanol–water partition coefficient (Wildman–Crippen LogP) is 2.47. The van der Waals surface area contributed by atoms with Gasteiger partial charge in [0.05, 0.1) is 0 Å². The summed E-state index contributed by atoms with van der Waals surface area (Å²) < 4.78 is 0. The summed E-state index contributed by atoms with van der Waals surface area (Å²) in [4.78, 5) is 11.3. The fourth-order valence-corrected chi connectivity index (χ4v) is 1.73. The first-order chi connectivity index (χ1) is 6.16. The van der Waals surface area contributed by atoms with Gasteiger partial charge in [-0.05, 0) is 30.2 Å². The van der Waals surface area contributed by atoms with Crippen LogP contribution >= 0.6 is 11.6 Å². The summed E-state index contributed by atoms with van der Waals surface area (Å²) in [5, 5.41) is 3.56. The molecule has 1 aliphatic rings. The van der Waals surface area contributed by atoms with Gasteiger partial charge >= 0.3 is 0 Å². The Morgan fingerprint density at radius 1 is 1.54 bits per heavy atom. The van der Waals surface area contributed by atoms with Crippen LogP contribution in [0.1, 0.15) is 12.5 Å². The number of nitrogens with one attached hydrogen (secondary N) is 1. The van der Waals surface area contributed by atoms with Crippen LogP contribution in [0.15, 0.2) is 18.2 Å². The molecule has 1 aromatic carbocycles. The highest BCUT2D eigenvalue weighted by Gasteiger charge is 2.21. The van der Waals surface area contributed by atoms with E-state index in [4.69, 9.17) is 11.6 Å². The van der Waals surface area contributed by atoms with E-state index >= 15 is 0 Å². The van der Waals surface area contributed by atoms with Crippen molar-refractivity contribution in [2.75, 3.05) is 5.32 Å². The first-order valence-electron chi connectivity index (χ1n) is 4.26. The lowest BCUT2D eigenvalue weighted by Gasteiger charge is -2.21. The van der Waals surface area contributed by atoms with Crippen molar-refractivity contribution in [3.63, 3.8) is 0 Å². The molecule has 0 spiro atoms. The van der Waals surface area contributed by atoms with E-state index in [2.05, 4.69) is 5.32 Å². The van der Waals surface area contributed by atoms with Crippen molar-refractivity contribution in [2.45, 2.75) is 13.3 Å². The van der Waals surface area contributed by atoms with Gasteiger partial charge in [-0.25, -0.2) is 0 Å². The van der Waals surface area contributed by atoms with Crippen molar-refractivity contribution < 1.29 is 4.79 Å². The molecule has 68 valence electrons. The van der Waals surface area contributed by atoms with Crippen LogP contribution in [0, 0.1) is 5.92 Å². The van der Waals surface area contributed by atoms with Crippen LogP contribution in [0.4, 0.5) is 5.69 Å². The third-order valence-corrected chi connectivity index (χ3v) is 2.53. The van der Waals surface area contributed by atoms with Crippen molar-refractivity contribution in [3.8, 4) is 0 Å². The zero-order valence-corrected chi connectivity index (χ0v) is 8.06. The molecular formula is C10H10ClNO. The summed E-state index contributed by atoms with van der Waals surface area (Å²) in [5.41, 5.74) is 2.02. The highest BCUT2D eigenvalue weighted by molar-refractivity contribution is 6.30. The van der Waals surface area contributed by atoms with Gasteiger partial charge in [0.2, 0.25) is 5.91 Å². The van der Waals surface area contributed by atoms with Gasteiger partial charge in [0.15, 0.2) is 0 Å². The van der Waals surface area contributed by atoms with Crippen LogP contribution < -0.4 is 5.32 Å². The van der Waals surface area contributed by atoms with Crippen LogP contribution in [0.5, 0.6) is 0 Å². The van der Waals surface area contributed by atoms with E-state index < -0.39 is 0 Å². The lowest BCUT2D eigenvalue weighted by Crippen LogP contribution is -2.27. The molecule has 2 rings (SSSR count). The first-order valence-corrected chi connectivity index (χ1v) is 4.64. The quantitative estimate of drug-likeness (QED) is 0.677. The zero-order valence-electron chi connectivity index (χ0n) is 7.30. The Labute approximate surface area is 81.9 Å².